The summed E-state index contributed by atoms with van der Waals surface area (Å²) in [6.07, 6.45) is 0. The van der Waals surface area contributed by atoms with Crippen molar-refractivity contribution in [3.05, 3.63) is 9.81 Å². The van der Waals surface area contributed by atoms with E-state index < -0.39 is 51.5 Å². The molecule has 0 aliphatic carbocycles. The Hall–Kier alpha value is 0.670. The Morgan fingerprint density at radius 1 is 1.15 bits per heavy atom. The number of thioether (sulfide) groups is 3. The molecule has 0 bridgehead atoms. The molecule has 0 saturated carbocycles. The fourth-order valence-corrected chi connectivity index (χ4v) is 7.20. The first-order valence-electron chi connectivity index (χ1n) is 7.38. The number of hydrogen-bond acceptors (Lipinski definition) is 9. The molecule has 0 spiro atoms. The first-order valence-corrected chi connectivity index (χ1v) is 10.2. The van der Waals surface area contributed by atoms with E-state index in [-0.39, 0.29) is 59.1 Å². The first-order chi connectivity index (χ1) is 11.6. The van der Waals surface area contributed by atoms with Crippen LogP contribution in [0.15, 0.2) is 9.81 Å². The number of nitrogens with zero attached hydrogens (tertiary/aromatic N) is 1. The molecule has 2 amide bonds. The zero-order valence-corrected chi connectivity index (χ0v) is 21.7. The quantitative estimate of drug-likeness (QED) is 0.147. The molecule has 1 unspecified atom stereocenters. The van der Waals surface area contributed by atoms with Gasteiger partial charge in [-0.2, -0.15) is 0 Å². The fraction of sp³-hybridized carbons (Fsp3) is 0.571. The van der Waals surface area contributed by atoms with Crippen molar-refractivity contribution in [2.24, 2.45) is 0 Å². The zero-order valence-electron chi connectivity index (χ0n) is 15.3. The largest absolute Gasteiger partial charge is 1.00 e. The monoisotopic (exact) mass is 448 g/mol. The third-order valence-corrected chi connectivity index (χ3v) is 8.42. The van der Waals surface area contributed by atoms with E-state index in [9.17, 15) is 29.4 Å². The van der Waals surface area contributed by atoms with Gasteiger partial charge in [0.1, 0.15) is 11.4 Å². The summed E-state index contributed by atoms with van der Waals surface area (Å²) in [5.74, 6) is -3.00. The molecule has 0 radical (unpaired) electrons. The maximum Gasteiger partial charge on any atom is 1.00 e. The van der Waals surface area contributed by atoms with Crippen LogP contribution in [-0.2, 0) is 19.2 Å². The van der Waals surface area contributed by atoms with Crippen molar-refractivity contribution in [1.29, 1.82) is 0 Å². The summed E-state index contributed by atoms with van der Waals surface area (Å²) in [5, 5.41) is 24.5. The summed E-state index contributed by atoms with van der Waals surface area (Å²) < 4.78 is -0.404. The van der Waals surface area contributed by atoms with Gasteiger partial charge in [-0.1, -0.05) is 0 Å². The molecule has 0 aromatic heterocycles. The van der Waals surface area contributed by atoms with Gasteiger partial charge < -0.3 is 30.0 Å². The van der Waals surface area contributed by atoms with Gasteiger partial charge in [-0.25, -0.2) is 0 Å². The van der Waals surface area contributed by atoms with Gasteiger partial charge in [-0.3, -0.25) is 9.59 Å². The second-order valence-corrected chi connectivity index (χ2v) is 10.4. The average molecular weight is 448 g/mol. The van der Waals surface area contributed by atoms with E-state index in [1.54, 1.807) is 13.8 Å². The average Bonchev–Trinajstić information content (AvgIpc) is 3.09. The van der Waals surface area contributed by atoms with Gasteiger partial charge in [0.25, 0.3) is 5.91 Å². The van der Waals surface area contributed by atoms with Gasteiger partial charge in [0.05, 0.1) is 27.8 Å². The molecule has 3 saturated heterocycles. The number of rotatable bonds is 4. The van der Waals surface area contributed by atoms with Crippen molar-refractivity contribution in [1.82, 2.24) is 10.2 Å². The molecule has 3 aliphatic heterocycles. The van der Waals surface area contributed by atoms with Crippen LogP contribution in [0.1, 0.15) is 13.8 Å². The van der Waals surface area contributed by atoms with E-state index in [4.69, 9.17) is 0 Å². The van der Waals surface area contributed by atoms with Gasteiger partial charge in [0.2, 0.25) is 5.91 Å². The number of nitrogens with one attached hydrogen (secondary N) is 1. The predicted octanol–water partition coefficient (Wildman–Crippen LogP) is -8.27. The van der Waals surface area contributed by atoms with Crippen LogP contribution < -0.4 is 74.6 Å². The van der Waals surface area contributed by atoms with Gasteiger partial charge in [-0.05, 0) is 13.8 Å². The summed E-state index contributed by atoms with van der Waals surface area (Å²) >= 11 is 3.76. The molecule has 3 heterocycles. The number of amides is 2. The topological polar surface area (TPSA) is 130 Å². The minimum Gasteiger partial charge on any atom is -0.548 e. The molecule has 13 heteroatoms. The number of carboxylic acids is 2. The maximum absolute atomic E-state index is 12.4. The maximum atomic E-state index is 12.4. The molecular weight excluding hydrogens is 434 g/mol. The number of carbonyl (C=O) groups is 4. The molecular formula is C14H14N2Na2O6S3. The minimum atomic E-state index is -1.59. The van der Waals surface area contributed by atoms with E-state index >= 15 is 0 Å². The van der Waals surface area contributed by atoms with Crippen molar-refractivity contribution in [2.75, 3.05) is 11.5 Å². The molecule has 0 aromatic carbocycles. The summed E-state index contributed by atoms with van der Waals surface area (Å²) in [7, 11) is 0. The van der Waals surface area contributed by atoms with Crippen molar-refractivity contribution < 1.29 is 88.5 Å². The van der Waals surface area contributed by atoms with Gasteiger partial charge in [0, 0.05) is 16.3 Å². The van der Waals surface area contributed by atoms with E-state index in [0.717, 1.165) is 0 Å². The van der Waals surface area contributed by atoms with Crippen molar-refractivity contribution >= 4 is 59.0 Å². The van der Waals surface area contributed by atoms with Crippen LogP contribution in [0.3, 0.4) is 0 Å². The van der Waals surface area contributed by atoms with Gasteiger partial charge >= 0.3 is 59.1 Å². The smallest absolute Gasteiger partial charge is 0.548 e. The van der Waals surface area contributed by atoms with Crippen LogP contribution in [-0.4, -0.2) is 62.4 Å². The summed E-state index contributed by atoms with van der Waals surface area (Å²) in [6.45, 7) is 3.37. The number of β-lactam (4-membered cyclic amide) rings is 1. The molecule has 3 rings (SSSR count). The Kier molecular flexibility index (Phi) is 9.19. The van der Waals surface area contributed by atoms with E-state index in [1.807, 2.05) is 0 Å². The van der Waals surface area contributed by atoms with Crippen molar-refractivity contribution in [2.45, 2.75) is 36.1 Å². The Morgan fingerprint density at radius 3 is 2.19 bits per heavy atom. The third-order valence-electron chi connectivity index (χ3n) is 4.14. The van der Waals surface area contributed by atoms with Crippen LogP contribution in [0.5, 0.6) is 0 Å². The van der Waals surface area contributed by atoms with Crippen LogP contribution in [0.4, 0.5) is 0 Å². The molecule has 27 heavy (non-hydrogen) atoms. The third kappa shape index (κ3) is 4.72. The Balaban J connectivity index is 0.00000182. The Morgan fingerprint density at radius 2 is 1.70 bits per heavy atom. The van der Waals surface area contributed by atoms with Crippen molar-refractivity contribution in [3.8, 4) is 0 Å². The molecule has 136 valence electrons. The van der Waals surface area contributed by atoms with Gasteiger partial charge in [0.15, 0.2) is 0 Å². The fourth-order valence-electron chi connectivity index (χ4n) is 3.06. The normalized spacial score (nSPS) is 27.6. The standard InChI is InChI=1S/C14H16N2O6S3.2Na/c1-14(2)7(12(21)22)16-9(18)6(10(16)25-14)15-8(17)5(11(19)20)13-23-3-4-24-13;;/h6-7,10H,3-4H2,1-2H3,(H,15,17)(H,19,20)(H,21,22);;/q;2*+1/p-2/t6-,7?,10-;;/m1../s1. The Bertz CT molecular complexity index is 709. The number of hydrogen-bond donors (Lipinski definition) is 1. The molecule has 3 atom stereocenters. The van der Waals surface area contributed by atoms with Crippen LogP contribution in [0.25, 0.3) is 0 Å². The van der Waals surface area contributed by atoms with Gasteiger partial charge in [-0.15, -0.1) is 35.3 Å². The van der Waals surface area contributed by atoms with E-state index in [2.05, 4.69) is 5.32 Å². The van der Waals surface area contributed by atoms with Crippen molar-refractivity contribution in [3.63, 3.8) is 0 Å². The summed E-state index contributed by atoms with van der Waals surface area (Å²) in [6, 6.07) is -2.06. The van der Waals surface area contributed by atoms with Crippen LogP contribution >= 0.6 is 35.3 Å². The predicted molar refractivity (Wildman–Crippen MR) is 90.0 cm³/mol. The second kappa shape index (κ2) is 9.65. The van der Waals surface area contributed by atoms with E-state index in [0.29, 0.717) is 15.7 Å². The summed E-state index contributed by atoms with van der Waals surface area (Å²) in [4.78, 5) is 48.5. The number of carbonyl (C=O) groups excluding carboxylic acids is 4. The molecule has 1 N–H and O–H groups in total. The zero-order chi connectivity index (χ0) is 18.5. The number of fused-ring (bicyclic) bond motifs is 1. The SMILES string of the molecule is CC1(C)S[C@@H]2[C@H](NC(=O)C(C(=O)[O-])=C3SCCS3)C(=O)N2C1C(=O)[O-].[Na+].[Na+]. The minimum absolute atomic E-state index is 0. The molecule has 8 nitrogen and oxygen atoms in total. The Labute approximate surface area is 213 Å². The number of carboxylic acid groups (broad SMARTS) is 2. The molecule has 0 aromatic rings. The number of aliphatic carboxylic acids is 2. The first kappa shape index (κ1) is 25.7. The van der Waals surface area contributed by atoms with E-state index in [1.165, 1.54) is 40.2 Å². The second-order valence-electron chi connectivity index (χ2n) is 6.18. The summed E-state index contributed by atoms with van der Waals surface area (Å²) in [5.41, 5.74) is -0.475. The van der Waals surface area contributed by atoms with Crippen LogP contribution in [0.2, 0.25) is 0 Å². The molecule has 3 aliphatic rings. The van der Waals surface area contributed by atoms with Crippen LogP contribution in [0, 0.1) is 0 Å². The molecule has 3 fully saturated rings.